The minimum Gasteiger partial charge on any atom is -0.489 e. The highest BCUT2D eigenvalue weighted by Gasteiger charge is 2.10. The lowest BCUT2D eigenvalue weighted by Crippen LogP contribution is -2.22. The number of hydrogen-bond donors (Lipinski definition) is 0. The van der Waals surface area contributed by atoms with Crippen LogP contribution in [0, 0.1) is 0 Å². The Kier molecular flexibility index (Phi) is 3.81. The standard InChI is InChI=1S/C11H11ClN2O2S/c1-16-9-10(12)13-7-14(11(9)15)5-4-8-3-2-6-17-8/h2-3,6-7H,4-5H2,1H3. The quantitative estimate of drug-likeness (QED) is 0.800. The Morgan fingerprint density at radius 1 is 1.59 bits per heavy atom. The van der Waals surface area contributed by atoms with E-state index in [1.165, 1.54) is 22.9 Å². The van der Waals surface area contributed by atoms with Crippen LogP contribution < -0.4 is 10.3 Å². The molecule has 0 fully saturated rings. The van der Waals surface area contributed by atoms with Gasteiger partial charge in [-0.05, 0) is 17.9 Å². The van der Waals surface area contributed by atoms with Crippen LogP contribution in [0.5, 0.6) is 5.75 Å². The number of halogens is 1. The molecule has 0 spiro atoms. The largest absolute Gasteiger partial charge is 0.489 e. The molecule has 0 amide bonds. The third-order valence-electron chi connectivity index (χ3n) is 2.34. The topological polar surface area (TPSA) is 44.1 Å². The number of thiophene rings is 1. The average molecular weight is 271 g/mol. The van der Waals surface area contributed by atoms with E-state index in [-0.39, 0.29) is 16.5 Å². The van der Waals surface area contributed by atoms with Gasteiger partial charge in [0.15, 0.2) is 5.15 Å². The van der Waals surface area contributed by atoms with Gasteiger partial charge < -0.3 is 4.74 Å². The third-order valence-corrected chi connectivity index (χ3v) is 3.54. The van der Waals surface area contributed by atoms with Gasteiger partial charge >= 0.3 is 0 Å². The second-order valence-electron chi connectivity index (χ2n) is 3.40. The van der Waals surface area contributed by atoms with E-state index in [0.717, 1.165) is 6.42 Å². The van der Waals surface area contributed by atoms with Crippen LogP contribution in [0.1, 0.15) is 4.88 Å². The van der Waals surface area contributed by atoms with Crippen molar-refractivity contribution in [3.63, 3.8) is 0 Å². The fraction of sp³-hybridized carbons (Fsp3) is 0.273. The van der Waals surface area contributed by atoms with Crippen LogP contribution in [0.2, 0.25) is 5.15 Å². The van der Waals surface area contributed by atoms with Crippen molar-refractivity contribution in [3.05, 3.63) is 44.2 Å². The summed E-state index contributed by atoms with van der Waals surface area (Å²) in [6, 6.07) is 4.03. The van der Waals surface area contributed by atoms with E-state index in [1.807, 2.05) is 17.5 Å². The zero-order chi connectivity index (χ0) is 12.3. The number of ether oxygens (including phenoxy) is 1. The Hall–Kier alpha value is -1.33. The van der Waals surface area contributed by atoms with E-state index < -0.39 is 0 Å². The van der Waals surface area contributed by atoms with Gasteiger partial charge in [0.25, 0.3) is 5.56 Å². The highest BCUT2D eigenvalue weighted by molar-refractivity contribution is 7.09. The first-order valence-electron chi connectivity index (χ1n) is 5.03. The monoisotopic (exact) mass is 270 g/mol. The van der Waals surface area contributed by atoms with E-state index in [9.17, 15) is 4.79 Å². The first-order chi connectivity index (χ1) is 8.22. The van der Waals surface area contributed by atoms with Gasteiger partial charge in [-0.25, -0.2) is 4.98 Å². The summed E-state index contributed by atoms with van der Waals surface area (Å²) in [5.74, 6) is 0.0975. The van der Waals surface area contributed by atoms with Gasteiger partial charge in [0.2, 0.25) is 5.75 Å². The van der Waals surface area contributed by atoms with Gasteiger partial charge in [-0.1, -0.05) is 17.7 Å². The molecule has 0 aliphatic heterocycles. The summed E-state index contributed by atoms with van der Waals surface area (Å²) < 4.78 is 6.43. The molecule has 0 atom stereocenters. The van der Waals surface area contributed by atoms with Gasteiger partial charge in [0, 0.05) is 11.4 Å². The van der Waals surface area contributed by atoms with E-state index in [2.05, 4.69) is 4.98 Å². The molecule has 0 saturated carbocycles. The van der Waals surface area contributed by atoms with E-state index >= 15 is 0 Å². The predicted octanol–water partition coefficient (Wildman–Crippen LogP) is 2.21. The Bertz CT molecular complexity index is 551. The summed E-state index contributed by atoms with van der Waals surface area (Å²) in [4.78, 5) is 17.0. The second-order valence-corrected chi connectivity index (χ2v) is 4.79. The highest BCUT2D eigenvalue weighted by Crippen LogP contribution is 2.15. The summed E-state index contributed by atoms with van der Waals surface area (Å²) in [7, 11) is 1.41. The predicted molar refractivity (Wildman–Crippen MR) is 68.1 cm³/mol. The molecule has 0 unspecified atom stereocenters. The molecule has 2 aromatic heterocycles. The van der Waals surface area contributed by atoms with Gasteiger partial charge in [0.05, 0.1) is 13.4 Å². The van der Waals surface area contributed by atoms with Crippen molar-refractivity contribution < 1.29 is 4.74 Å². The summed E-state index contributed by atoms with van der Waals surface area (Å²) in [6.45, 7) is 0.569. The summed E-state index contributed by atoms with van der Waals surface area (Å²) in [5, 5.41) is 2.11. The Morgan fingerprint density at radius 2 is 2.41 bits per heavy atom. The molecule has 0 aliphatic carbocycles. The smallest absolute Gasteiger partial charge is 0.297 e. The molecule has 0 radical (unpaired) electrons. The number of aromatic nitrogens is 2. The molecule has 6 heteroatoms. The van der Waals surface area contributed by atoms with Gasteiger partial charge in [-0.15, -0.1) is 11.3 Å². The molecule has 0 saturated heterocycles. The van der Waals surface area contributed by atoms with Crippen LogP contribution in [0.3, 0.4) is 0 Å². The Balaban J connectivity index is 2.19. The SMILES string of the molecule is COc1c(Cl)ncn(CCc2cccs2)c1=O. The fourth-order valence-corrected chi connectivity index (χ4v) is 2.37. The molecular weight excluding hydrogens is 260 g/mol. The summed E-state index contributed by atoms with van der Waals surface area (Å²) >= 11 is 7.42. The van der Waals surface area contributed by atoms with Crippen molar-refractivity contribution in [2.75, 3.05) is 7.11 Å². The molecule has 0 aromatic carbocycles. The molecule has 0 aliphatic rings. The molecule has 0 bridgehead atoms. The maximum atomic E-state index is 11.9. The lowest BCUT2D eigenvalue weighted by Gasteiger charge is -2.07. The van der Waals surface area contributed by atoms with Gasteiger partial charge in [-0.3, -0.25) is 9.36 Å². The van der Waals surface area contributed by atoms with Crippen molar-refractivity contribution in [1.29, 1.82) is 0 Å². The van der Waals surface area contributed by atoms with Gasteiger partial charge in [-0.2, -0.15) is 0 Å². The lowest BCUT2D eigenvalue weighted by atomic mass is 10.3. The highest BCUT2D eigenvalue weighted by atomic mass is 35.5. The minimum absolute atomic E-state index is 0.0975. The van der Waals surface area contributed by atoms with Crippen LogP contribution in [-0.4, -0.2) is 16.7 Å². The molecule has 4 nitrogen and oxygen atoms in total. The van der Waals surface area contributed by atoms with Crippen LogP contribution >= 0.6 is 22.9 Å². The molecule has 17 heavy (non-hydrogen) atoms. The molecule has 2 aromatic rings. The molecule has 2 rings (SSSR count). The number of rotatable bonds is 4. The number of aryl methyl sites for hydroxylation is 2. The molecule has 2 heterocycles. The van der Waals surface area contributed by atoms with E-state index in [4.69, 9.17) is 16.3 Å². The average Bonchev–Trinajstić information content (AvgIpc) is 2.82. The molecular formula is C11H11ClN2O2S. The van der Waals surface area contributed by atoms with Crippen LogP contribution in [-0.2, 0) is 13.0 Å². The number of methoxy groups -OCH3 is 1. The zero-order valence-electron chi connectivity index (χ0n) is 9.22. The Labute approximate surface area is 107 Å². The molecule has 0 N–H and O–H groups in total. The van der Waals surface area contributed by atoms with Crippen molar-refractivity contribution in [2.24, 2.45) is 0 Å². The lowest BCUT2D eigenvalue weighted by molar-refractivity contribution is 0.399. The fourth-order valence-electron chi connectivity index (χ4n) is 1.47. The zero-order valence-corrected chi connectivity index (χ0v) is 10.8. The normalized spacial score (nSPS) is 10.5. The number of nitrogens with zero attached hydrogens (tertiary/aromatic N) is 2. The van der Waals surface area contributed by atoms with Crippen molar-refractivity contribution in [2.45, 2.75) is 13.0 Å². The third kappa shape index (κ3) is 2.68. The minimum atomic E-state index is -0.246. The van der Waals surface area contributed by atoms with E-state index in [0.29, 0.717) is 6.54 Å². The van der Waals surface area contributed by atoms with Crippen molar-refractivity contribution >= 4 is 22.9 Å². The van der Waals surface area contributed by atoms with Crippen molar-refractivity contribution in [1.82, 2.24) is 9.55 Å². The first kappa shape index (κ1) is 12.1. The second kappa shape index (κ2) is 5.33. The Morgan fingerprint density at radius 3 is 3.06 bits per heavy atom. The maximum absolute atomic E-state index is 11.9. The molecule has 90 valence electrons. The van der Waals surface area contributed by atoms with Crippen LogP contribution in [0.15, 0.2) is 28.6 Å². The van der Waals surface area contributed by atoms with Crippen LogP contribution in [0.25, 0.3) is 0 Å². The first-order valence-corrected chi connectivity index (χ1v) is 6.29. The maximum Gasteiger partial charge on any atom is 0.297 e. The summed E-state index contributed by atoms with van der Waals surface area (Å²) in [6.07, 6.45) is 2.24. The van der Waals surface area contributed by atoms with Gasteiger partial charge in [0.1, 0.15) is 0 Å². The summed E-state index contributed by atoms with van der Waals surface area (Å²) in [5.41, 5.74) is -0.246. The van der Waals surface area contributed by atoms with E-state index in [1.54, 1.807) is 11.3 Å². The number of hydrogen-bond acceptors (Lipinski definition) is 4. The van der Waals surface area contributed by atoms with Crippen molar-refractivity contribution in [3.8, 4) is 5.75 Å². The van der Waals surface area contributed by atoms with Crippen LogP contribution in [0.4, 0.5) is 0 Å².